The maximum atomic E-state index is 13.5. The average Bonchev–Trinajstić information content (AvgIpc) is 2.23. The molecule has 3 nitrogen and oxygen atoms in total. The summed E-state index contributed by atoms with van der Waals surface area (Å²) in [6.45, 7) is -0.879. The molecule has 0 bridgehead atoms. The van der Waals surface area contributed by atoms with Crippen molar-refractivity contribution < 1.29 is 18.3 Å². The first-order chi connectivity index (χ1) is 7.49. The average molecular weight is 339 g/mol. The number of ether oxygens (including phenoxy) is 1. The predicted molar refractivity (Wildman–Crippen MR) is 61.3 cm³/mol. The van der Waals surface area contributed by atoms with Gasteiger partial charge in [0.25, 0.3) is 0 Å². The van der Waals surface area contributed by atoms with Gasteiger partial charge in [-0.1, -0.05) is 12.1 Å². The molecular formula is C10H8F2INO2. The molecular weight excluding hydrogens is 331 g/mol. The Hall–Kier alpha value is -0.920. The monoisotopic (exact) mass is 339 g/mol. The quantitative estimate of drug-likeness (QED) is 0.799. The molecule has 0 saturated carbocycles. The normalized spacial score (nSPS) is 23.4. The lowest BCUT2D eigenvalue weighted by Gasteiger charge is -2.31. The molecule has 1 fully saturated rings. The second kappa shape index (κ2) is 4.15. The summed E-state index contributed by atoms with van der Waals surface area (Å²) in [6.07, 6.45) is -0.811. The number of alkyl halides is 2. The molecule has 1 N–H and O–H groups in total. The second-order valence-corrected chi connectivity index (χ2v) is 4.71. The molecule has 1 aliphatic rings. The highest BCUT2D eigenvalue weighted by Gasteiger charge is 2.46. The van der Waals surface area contributed by atoms with Gasteiger partial charge in [-0.3, -0.25) is 0 Å². The van der Waals surface area contributed by atoms with Crippen LogP contribution in [0.1, 0.15) is 11.6 Å². The molecule has 0 aromatic heterocycles. The number of halogens is 3. The van der Waals surface area contributed by atoms with E-state index in [0.717, 1.165) is 3.57 Å². The van der Waals surface area contributed by atoms with Crippen LogP contribution in [0, 0.1) is 3.57 Å². The minimum atomic E-state index is -3.08. The Morgan fingerprint density at radius 1 is 1.38 bits per heavy atom. The van der Waals surface area contributed by atoms with Gasteiger partial charge in [0.2, 0.25) is 0 Å². The number of nitrogens with one attached hydrogen (secondary N) is 1. The van der Waals surface area contributed by atoms with Crippen molar-refractivity contribution in [2.45, 2.75) is 12.0 Å². The van der Waals surface area contributed by atoms with Crippen LogP contribution in [0.4, 0.5) is 13.6 Å². The van der Waals surface area contributed by atoms with Crippen molar-refractivity contribution >= 4 is 28.7 Å². The van der Waals surface area contributed by atoms with Gasteiger partial charge in [-0.15, -0.1) is 0 Å². The summed E-state index contributed by atoms with van der Waals surface area (Å²) in [5.41, 5.74) is 0.377. The largest absolute Gasteiger partial charge is 0.443 e. The van der Waals surface area contributed by atoms with Gasteiger partial charge in [-0.2, -0.15) is 0 Å². The molecule has 86 valence electrons. The lowest BCUT2D eigenvalue weighted by Crippen LogP contribution is -2.49. The van der Waals surface area contributed by atoms with Gasteiger partial charge in [0, 0.05) is 3.57 Å². The van der Waals surface area contributed by atoms with E-state index >= 15 is 0 Å². The van der Waals surface area contributed by atoms with Gasteiger partial charge in [0.05, 0.1) is 0 Å². The van der Waals surface area contributed by atoms with Gasteiger partial charge in [0.15, 0.2) is 6.61 Å². The van der Waals surface area contributed by atoms with Crippen LogP contribution in [-0.4, -0.2) is 18.6 Å². The molecule has 1 amide bonds. The summed E-state index contributed by atoms with van der Waals surface area (Å²) in [7, 11) is 0. The maximum absolute atomic E-state index is 13.5. The number of hydrogen-bond donors (Lipinski definition) is 1. The molecule has 1 atom stereocenters. The standard InChI is InChI=1S/C10H8F2INO2/c11-10(12)5-16-9(15)14-8(10)6-1-3-7(13)4-2-6/h1-4,8H,5H2,(H,14,15)/t8-/m0/s1. The fraction of sp³-hybridized carbons (Fsp3) is 0.300. The number of carbonyl (C=O) groups excluding carboxylic acids is 1. The summed E-state index contributed by atoms with van der Waals surface area (Å²) in [5.74, 6) is -3.08. The van der Waals surface area contributed by atoms with Crippen LogP contribution >= 0.6 is 22.6 Å². The number of benzene rings is 1. The molecule has 1 heterocycles. The van der Waals surface area contributed by atoms with E-state index in [-0.39, 0.29) is 0 Å². The van der Waals surface area contributed by atoms with E-state index in [0.29, 0.717) is 5.56 Å². The van der Waals surface area contributed by atoms with E-state index in [9.17, 15) is 13.6 Å². The Morgan fingerprint density at radius 3 is 2.62 bits per heavy atom. The van der Waals surface area contributed by atoms with Gasteiger partial charge in [0.1, 0.15) is 6.04 Å². The molecule has 0 radical (unpaired) electrons. The SMILES string of the molecule is O=C1N[C@@H](c2ccc(I)cc2)C(F)(F)CO1. The number of cyclic esters (lactones) is 1. The van der Waals surface area contributed by atoms with E-state index in [2.05, 4.69) is 32.6 Å². The van der Waals surface area contributed by atoms with Gasteiger partial charge in [-0.25, -0.2) is 13.6 Å². The zero-order chi connectivity index (χ0) is 11.8. The van der Waals surface area contributed by atoms with Gasteiger partial charge in [-0.05, 0) is 40.3 Å². The van der Waals surface area contributed by atoms with Crippen LogP contribution in [0.3, 0.4) is 0 Å². The lowest BCUT2D eigenvalue weighted by molar-refractivity contribution is -0.104. The van der Waals surface area contributed by atoms with E-state index in [1.807, 2.05) is 0 Å². The minimum absolute atomic E-state index is 0.377. The zero-order valence-electron chi connectivity index (χ0n) is 8.04. The summed E-state index contributed by atoms with van der Waals surface area (Å²) in [5, 5.41) is 2.13. The third kappa shape index (κ3) is 2.26. The molecule has 6 heteroatoms. The molecule has 1 aliphatic heterocycles. The number of carbonyl (C=O) groups is 1. The number of alkyl carbamates (subject to hydrolysis) is 1. The Labute approximate surface area is 104 Å². The Bertz CT molecular complexity index is 408. The highest BCUT2D eigenvalue weighted by molar-refractivity contribution is 14.1. The first-order valence-corrected chi connectivity index (χ1v) is 5.63. The van der Waals surface area contributed by atoms with Gasteiger partial charge < -0.3 is 10.1 Å². The molecule has 1 aromatic carbocycles. The van der Waals surface area contributed by atoms with E-state index in [4.69, 9.17) is 0 Å². The predicted octanol–water partition coefficient (Wildman–Crippen LogP) is 2.71. The van der Waals surface area contributed by atoms with Crippen molar-refractivity contribution in [1.29, 1.82) is 0 Å². The Kier molecular flexibility index (Phi) is 3.00. The van der Waals surface area contributed by atoms with Crippen molar-refractivity contribution in [2.75, 3.05) is 6.61 Å². The Balaban J connectivity index is 2.30. The van der Waals surface area contributed by atoms with E-state index < -0.39 is 24.7 Å². The van der Waals surface area contributed by atoms with Crippen molar-refractivity contribution in [2.24, 2.45) is 0 Å². The van der Waals surface area contributed by atoms with Crippen molar-refractivity contribution in [3.63, 3.8) is 0 Å². The maximum Gasteiger partial charge on any atom is 0.408 e. The molecule has 1 saturated heterocycles. The van der Waals surface area contributed by atoms with Crippen molar-refractivity contribution in [1.82, 2.24) is 5.32 Å². The number of rotatable bonds is 1. The number of hydrogen-bond acceptors (Lipinski definition) is 2. The fourth-order valence-corrected chi connectivity index (χ4v) is 1.85. The van der Waals surface area contributed by atoms with Crippen molar-refractivity contribution in [3.05, 3.63) is 33.4 Å². The first kappa shape index (κ1) is 11.6. The summed E-state index contributed by atoms with van der Waals surface area (Å²) in [6, 6.07) is 5.27. The van der Waals surface area contributed by atoms with Crippen LogP contribution < -0.4 is 5.32 Å². The minimum Gasteiger partial charge on any atom is -0.443 e. The van der Waals surface area contributed by atoms with Crippen LogP contribution in [-0.2, 0) is 4.74 Å². The third-order valence-corrected chi connectivity index (χ3v) is 3.00. The third-order valence-electron chi connectivity index (χ3n) is 2.28. The zero-order valence-corrected chi connectivity index (χ0v) is 10.2. The highest BCUT2D eigenvalue weighted by atomic mass is 127. The molecule has 0 spiro atoms. The summed E-state index contributed by atoms with van der Waals surface area (Å²) < 4.78 is 32.2. The Morgan fingerprint density at radius 2 is 2.00 bits per heavy atom. The van der Waals surface area contributed by atoms with E-state index in [1.165, 1.54) is 0 Å². The molecule has 0 unspecified atom stereocenters. The van der Waals surface area contributed by atoms with Crippen LogP contribution in [0.2, 0.25) is 0 Å². The van der Waals surface area contributed by atoms with Crippen molar-refractivity contribution in [3.8, 4) is 0 Å². The second-order valence-electron chi connectivity index (χ2n) is 3.47. The topological polar surface area (TPSA) is 38.3 Å². The fourth-order valence-electron chi connectivity index (χ4n) is 1.49. The number of amides is 1. The summed E-state index contributed by atoms with van der Waals surface area (Å²) in [4.78, 5) is 10.9. The van der Waals surface area contributed by atoms with Gasteiger partial charge >= 0.3 is 12.0 Å². The first-order valence-electron chi connectivity index (χ1n) is 4.55. The summed E-state index contributed by atoms with van der Waals surface area (Å²) >= 11 is 2.08. The lowest BCUT2D eigenvalue weighted by atomic mass is 10.0. The molecule has 0 aliphatic carbocycles. The molecule has 1 aromatic rings. The highest BCUT2D eigenvalue weighted by Crippen LogP contribution is 2.34. The van der Waals surface area contributed by atoms with Crippen LogP contribution in [0.5, 0.6) is 0 Å². The van der Waals surface area contributed by atoms with Crippen LogP contribution in [0.15, 0.2) is 24.3 Å². The van der Waals surface area contributed by atoms with Crippen LogP contribution in [0.25, 0.3) is 0 Å². The molecule has 16 heavy (non-hydrogen) atoms. The smallest absolute Gasteiger partial charge is 0.408 e. The molecule has 2 rings (SSSR count). The van der Waals surface area contributed by atoms with E-state index in [1.54, 1.807) is 24.3 Å².